The summed E-state index contributed by atoms with van der Waals surface area (Å²) in [4.78, 5) is 2.52. The summed E-state index contributed by atoms with van der Waals surface area (Å²) in [6, 6.07) is 0.598. The number of hydrogen-bond donors (Lipinski definition) is 1. The summed E-state index contributed by atoms with van der Waals surface area (Å²) in [5.74, 6) is 0. The van der Waals surface area contributed by atoms with Gasteiger partial charge in [0.15, 0.2) is 0 Å². The van der Waals surface area contributed by atoms with Crippen LogP contribution in [0.4, 0.5) is 0 Å². The smallest absolute Gasteiger partial charge is 0.0711 e. The molecule has 4 nitrogen and oxygen atoms in total. The Labute approximate surface area is 98.3 Å². The van der Waals surface area contributed by atoms with E-state index < -0.39 is 0 Å². The standard InChI is InChI=1S/C12H24N2O2/c1-15-11-4-3-5-14(9-11)8-10-6-12(16-2)7-13-10/h10-13H,3-9H2,1-2H3. The van der Waals surface area contributed by atoms with E-state index in [1.807, 2.05) is 7.11 Å². The minimum atomic E-state index is 0.410. The van der Waals surface area contributed by atoms with Crippen LogP contribution in [-0.2, 0) is 9.47 Å². The van der Waals surface area contributed by atoms with Gasteiger partial charge in [-0.1, -0.05) is 0 Å². The molecule has 0 bridgehead atoms. The van der Waals surface area contributed by atoms with Gasteiger partial charge in [0.05, 0.1) is 12.2 Å². The Morgan fingerprint density at radius 2 is 2.06 bits per heavy atom. The predicted molar refractivity (Wildman–Crippen MR) is 63.7 cm³/mol. The van der Waals surface area contributed by atoms with Crippen molar-refractivity contribution in [3.8, 4) is 0 Å². The molecule has 2 aliphatic heterocycles. The van der Waals surface area contributed by atoms with E-state index in [9.17, 15) is 0 Å². The Hall–Kier alpha value is -0.160. The molecule has 0 amide bonds. The second-order valence-electron chi connectivity index (χ2n) is 4.96. The van der Waals surface area contributed by atoms with Gasteiger partial charge in [-0.15, -0.1) is 0 Å². The number of likely N-dealkylation sites (tertiary alicyclic amines) is 1. The van der Waals surface area contributed by atoms with Crippen LogP contribution in [0.5, 0.6) is 0 Å². The summed E-state index contributed by atoms with van der Waals surface area (Å²) < 4.78 is 10.8. The second-order valence-corrected chi connectivity index (χ2v) is 4.96. The normalized spacial score (nSPS) is 36.8. The lowest BCUT2D eigenvalue weighted by Crippen LogP contribution is -2.45. The molecule has 0 aliphatic carbocycles. The maximum atomic E-state index is 5.44. The van der Waals surface area contributed by atoms with Crippen molar-refractivity contribution in [3.63, 3.8) is 0 Å². The molecule has 0 saturated carbocycles. The largest absolute Gasteiger partial charge is 0.380 e. The highest BCUT2D eigenvalue weighted by molar-refractivity contribution is 4.86. The summed E-state index contributed by atoms with van der Waals surface area (Å²) in [5.41, 5.74) is 0. The van der Waals surface area contributed by atoms with Gasteiger partial charge in [0.2, 0.25) is 0 Å². The first-order valence-corrected chi connectivity index (χ1v) is 6.33. The highest BCUT2D eigenvalue weighted by Gasteiger charge is 2.27. The molecule has 0 aromatic heterocycles. The van der Waals surface area contributed by atoms with E-state index in [2.05, 4.69) is 10.2 Å². The highest BCUT2D eigenvalue weighted by Crippen LogP contribution is 2.16. The minimum absolute atomic E-state index is 0.410. The monoisotopic (exact) mass is 228 g/mol. The molecule has 0 spiro atoms. The molecule has 2 fully saturated rings. The van der Waals surface area contributed by atoms with E-state index in [0.29, 0.717) is 18.2 Å². The molecule has 0 aromatic rings. The molecule has 4 heteroatoms. The van der Waals surface area contributed by atoms with Crippen LogP contribution in [0.1, 0.15) is 19.3 Å². The first kappa shape index (κ1) is 12.3. The fourth-order valence-corrected chi connectivity index (χ4v) is 2.78. The van der Waals surface area contributed by atoms with E-state index >= 15 is 0 Å². The average molecular weight is 228 g/mol. The summed E-state index contributed by atoms with van der Waals surface area (Å²) >= 11 is 0. The van der Waals surface area contributed by atoms with Crippen molar-refractivity contribution < 1.29 is 9.47 Å². The number of methoxy groups -OCH3 is 2. The van der Waals surface area contributed by atoms with Gasteiger partial charge in [-0.3, -0.25) is 4.90 Å². The topological polar surface area (TPSA) is 33.7 Å². The molecule has 2 rings (SSSR count). The molecular formula is C12H24N2O2. The Morgan fingerprint density at radius 3 is 2.75 bits per heavy atom. The first-order valence-electron chi connectivity index (χ1n) is 6.33. The summed E-state index contributed by atoms with van der Waals surface area (Å²) in [7, 11) is 3.62. The van der Waals surface area contributed by atoms with Gasteiger partial charge < -0.3 is 14.8 Å². The van der Waals surface area contributed by atoms with Crippen LogP contribution in [0.3, 0.4) is 0 Å². The van der Waals surface area contributed by atoms with Gasteiger partial charge in [0.1, 0.15) is 0 Å². The van der Waals surface area contributed by atoms with Crippen LogP contribution in [0.2, 0.25) is 0 Å². The van der Waals surface area contributed by atoms with Gasteiger partial charge >= 0.3 is 0 Å². The number of rotatable bonds is 4. The number of piperidine rings is 1. The van der Waals surface area contributed by atoms with Gasteiger partial charge in [-0.25, -0.2) is 0 Å². The van der Waals surface area contributed by atoms with Gasteiger partial charge in [-0.2, -0.15) is 0 Å². The van der Waals surface area contributed by atoms with Crippen LogP contribution in [0, 0.1) is 0 Å². The van der Waals surface area contributed by atoms with Crippen LogP contribution in [0.15, 0.2) is 0 Å². The van der Waals surface area contributed by atoms with E-state index in [0.717, 1.165) is 26.1 Å². The molecular weight excluding hydrogens is 204 g/mol. The van der Waals surface area contributed by atoms with Crippen molar-refractivity contribution in [2.75, 3.05) is 40.4 Å². The van der Waals surface area contributed by atoms with Crippen LogP contribution in [0.25, 0.3) is 0 Å². The molecule has 0 radical (unpaired) electrons. The second kappa shape index (κ2) is 5.96. The zero-order valence-corrected chi connectivity index (χ0v) is 10.4. The molecule has 0 aromatic carbocycles. The molecule has 2 saturated heterocycles. The van der Waals surface area contributed by atoms with Crippen molar-refractivity contribution in [1.29, 1.82) is 0 Å². The number of hydrogen-bond acceptors (Lipinski definition) is 4. The van der Waals surface area contributed by atoms with Crippen LogP contribution in [-0.4, -0.2) is 63.5 Å². The Morgan fingerprint density at radius 1 is 1.25 bits per heavy atom. The minimum Gasteiger partial charge on any atom is -0.380 e. The van der Waals surface area contributed by atoms with Crippen molar-refractivity contribution in [2.24, 2.45) is 0 Å². The third-order valence-corrected chi connectivity index (χ3v) is 3.79. The van der Waals surface area contributed by atoms with E-state index in [4.69, 9.17) is 9.47 Å². The number of nitrogens with one attached hydrogen (secondary N) is 1. The van der Waals surface area contributed by atoms with E-state index in [1.165, 1.54) is 19.4 Å². The third kappa shape index (κ3) is 3.17. The van der Waals surface area contributed by atoms with Crippen molar-refractivity contribution >= 4 is 0 Å². The van der Waals surface area contributed by atoms with Gasteiger partial charge in [-0.05, 0) is 25.8 Å². The van der Waals surface area contributed by atoms with E-state index in [-0.39, 0.29) is 0 Å². The lowest BCUT2D eigenvalue weighted by Gasteiger charge is -2.33. The zero-order chi connectivity index (χ0) is 11.4. The summed E-state index contributed by atoms with van der Waals surface area (Å²) in [6.07, 6.45) is 4.47. The molecule has 94 valence electrons. The van der Waals surface area contributed by atoms with Crippen molar-refractivity contribution in [1.82, 2.24) is 10.2 Å². The van der Waals surface area contributed by atoms with Crippen molar-refractivity contribution in [2.45, 2.75) is 37.5 Å². The Balaban J connectivity index is 1.73. The molecule has 2 aliphatic rings. The lowest BCUT2D eigenvalue weighted by atomic mass is 10.1. The van der Waals surface area contributed by atoms with Crippen LogP contribution < -0.4 is 5.32 Å². The Bertz CT molecular complexity index is 213. The number of ether oxygens (including phenoxy) is 2. The maximum absolute atomic E-state index is 5.44. The summed E-state index contributed by atoms with van der Waals surface area (Å²) in [5, 5.41) is 3.53. The quantitative estimate of drug-likeness (QED) is 0.758. The molecule has 1 N–H and O–H groups in total. The highest BCUT2D eigenvalue weighted by atomic mass is 16.5. The lowest BCUT2D eigenvalue weighted by molar-refractivity contribution is 0.0281. The third-order valence-electron chi connectivity index (χ3n) is 3.79. The zero-order valence-electron chi connectivity index (χ0n) is 10.4. The predicted octanol–water partition coefficient (Wildman–Crippen LogP) is 0.474. The molecule has 16 heavy (non-hydrogen) atoms. The van der Waals surface area contributed by atoms with E-state index in [1.54, 1.807) is 7.11 Å². The maximum Gasteiger partial charge on any atom is 0.0711 e. The molecule has 3 atom stereocenters. The average Bonchev–Trinajstić information content (AvgIpc) is 2.77. The SMILES string of the molecule is COC1CNC(CN2CCCC(OC)C2)C1. The molecule has 3 unspecified atom stereocenters. The Kier molecular flexibility index (Phi) is 4.58. The fraction of sp³-hybridized carbons (Fsp3) is 1.00. The summed E-state index contributed by atoms with van der Waals surface area (Å²) in [6.45, 7) is 4.45. The first-order chi connectivity index (χ1) is 7.81. The fourth-order valence-electron chi connectivity index (χ4n) is 2.78. The van der Waals surface area contributed by atoms with Crippen LogP contribution >= 0.6 is 0 Å². The van der Waals surface area contributed by atoms with Crippen molar-refractivity contribution in [3.05, 3.63) is 0 Å². The number of nitrogens with zero attached hydrogens (tertiary/aromatic N) is 1. The van der Waals surface area contributed by atoms with Gasteiger partial charge in [0, 0.05) is 39.9 Å². The molecule has 2 heterocycles. The van der Waals surface area contributed by atoms with Gasteiger partial charge in [0.25, 0.3) is 0 Å².